The van der Waals surface area contributed by atoms with Crippen molar-refractivity contribution in [1.29, 1.82) is 0 Å². The maximum Gasteiger partial charge on any atom is 0.0464 e. The Morgan fingerprint density at radius 1 is 1.05 bits per heavy atom. The smallest absolute Gasteiger partial charge is 0.0464 e. The maximum absolute atomic E-state index is 5.28. The molecule has 0 aromatic rings. The average molecular weight is 316 g/mol. The van der Waals surface area contributed by atoms with Crippen LogP contribution in [0.2, 0.25) is 0 Å². The van der Waals surface area contributed by atoms with Crippen LogP contribution in [0.5, 0.6) is 0 Å². The highest BCUT2D eigenvalue weighted by molar-refractivity contribution is 7.99. The van der Waals surface area contributed by atoms with Gasteiger partial charge in [-0.25, -0.2) is 0 Å². The zero-order chi connectivity index (χ0) is 15.6. The van der Waals surface area contributed by atoms with Gasteiger partial charge in [-0.1, -0.05) is 40.0 Å². The summed E-state index contributed by atoms with van der Waals surface area (Å²) < 4.78 is 5.28. The molecule has 1 aliphatic heterocycles. The van der Waals surface area contributed by atoms with Crippen molar-refractivity contribution in [1.82, 2.24) is 4.90 Å². The minimum Gasteiger partial charge on any atom is -0.385 e. The zero-order valence-corrected chi connectivity index (χ0v) is 15.6. The highest BCUT2D eigenvalue weighted by Crippen LogP contribution is 2.29. The minimum atomic E-state index is 0.448. The Morgan fingerprint density at radius 3 is 2.38 bits per heavy atom. The van der Waals surface area contributed by atoms with Gasteiger partial charge in [0.1, 0.15) is 0 Å². The number of rotatable bonds is 10. The van der Waals surface area contributed by atoms with Gasteiger partial charge in [-0.15, -0.1) is 0 Å². The summed E-state index contributed by atoms with van der Waals surface area (Å²) in [6.45, 7) is 12.0. The van der Waals surface area contributed by atoms with Crippen LogP contribution in [0.15, 0.2) is 0 Å². The summed E-state index contributed by atoms with van der Waals surface area (Å²) in [6.07, 6.45) is 8.13. The molecule has 126 valence electrons. The van der Waals surface area contributed by atoms with Crippen molar-refractivity contribution in [2.45, 2.75) is 59.3 Å². The third kappa shape index (κ3) is 10.6. The Morgan fingerprint density at radius 2 is 1.76 bits per heavy atom. The quantitative estimate of drug-likeness (QED) is 0.543. The molecule has 1 aliphatic rings. The van der Waals surface area contributed by atoms with Crippen molar-refractivity contribution in [3.8, 4) is 0 Å². The summed E-state index contributed by atoms with van der Waals surface area (Å²) in [7, 11) is 1.82. The molecule has 1 saturated heterocycles. The number of ether oxygens (including phenoxy) is 1. The fourth-order valence-electron chi connectivity index (χ4n) is 3.27. The first kappa shape index (κ1) is 19.3. The first-order valence-corrected chi connectivity index (χ1v) is 9.96. The lowest BCUT2D eigenvalue weighted by atomic mass is 9.81. The van der Waals surface area contributed by atoms with Gasteiger partial charge in [-0.3, -0.25) is 0 Å². The van der Waals surface area contributed by atoms with Gasteiger partial charge in [0.25, 0.3) is 0 Å². The Hall–Kier alpha value is 0.270. The van der Waals surface area contributed by atoms with Crippen molar-refractivity contribution >= 4 is 11.8 Å². The molecule has 1 fully saturated rings. The topological polar surface area (TPSA) is 12.5 Å². The van der Waals surface area contributed by atoms with E-state index in [1.807, 2.05) is 7.11 Å². The van der Waals surface area contributed by atoms with Gasteiger partial charge in [0, 0.05) is 38.3 Å². The summed E-state index contributed by atoms with van der Waals surface area (Å²) in [4.78, 5) is 2.65. The van der Waals surface area contributed by atoms with Gasteiger partial charge in [0.05, 0.1) is 0 Å². The third-order valence-corrected chi connectivity index (χ3v) is 5.26. The molecule has 0 aromatic carbocycles. The number of methoxy groups -OCH3 is 1. The van der Waals surface area contributed by atoms with E-state index in [2.05, 4.69) is 37.4 Å². The summed E-state index contributed by atoms with van der Waals surface area (Å²) in [5, 5.41) is 0. The van der Waals surface area contributed by atoms with E-state index >= 15 is 0 Å². The van der Waals surface area contributed by atoms with Crippen LogP contribution in [0, 0.1) is 11.3 Å². The molecule has 0 radical (unpaired) electrons. The first-order valence-electron chi connectivity index (χ1n) is 8.80. The summed E-state index contributed by atoms with van der Waals surface area (Å²) >= 11 is 2.11. The van der Waals surface area contributed by atoms with Crippen LogP contribution in [0.1, 0.15) is 59.3 Å². The fourth-order valence-corrected chi connectivity index (χ4v) is 4.25. The second-order valence-electron chi connectivity index (χ2n) is 7.72. The van der Waals surface area contributed by atoms with Crippen LogP contribution in [-0.2, 0) is 4.74 Å². The molecule has 0 aliphatic carbocycles. The Kier molecular flexibility index (Phi) is 10.0. The molecular weight excluding hydrogens is 278 g/mol. The third-order valence-electron chi connectivity index (χ3n) is 4.32. The van der Waals surface area contributed by atoms with E-state index in [0.717, 1.165) is 12.5 Å². The number of hydrogen-bond acceptors (Lipinski definition) is 3. The summed E-state index contributed by atoms with van der Waals surface area (Å²) in [5.41, 5.74) is 0.448. The Balaban J connectivity index is 2.10. The first-order chi connectivity index (χ1) is 10.0. The highest BCUT2D eigenvalue weighted by Gasteiger charge is 2.18. The number of hydrogen-bond donors (Lipinski definition) is 0. The summed E-state index contributed by atoms with van der Waals surface area (Å²) in [5.74, 6) is 3.52. The van der Waals surface area contributed by atoms with E-state index in [9.17, 15) is 0 Å². The molecule has 21 heavy (non-hydrogen) atoms. The fraction of sp³-hybridized carbons (Fsp3) is 1.00. The van der Waals surface area contributed by atoms with Crippen LogP contribution < -0.4 is 0 Å². The van der Waals surface area contributed by atoms with E-state index in [0.29, 0.717) is 5.41 Å². The van der Waals surface area contributed by atoms with Crippen LogP contribution in [0.25, 0.3) is 0 Å². The van der Waals surface area contributed by atoms with Gasteiger partial charge in [-0.2, -0.15) is 11.8 Å². The molecule has 1 atom stereocenters. The molecule has 1 rings (SSSR count). The predicted octanol–water partition coefficient (Wildman–Crippen LogP) is 4.68. The van der Waals surface area contributed by atoms with Gasteiger partial charge in [-0.05, 0) is 37.1 Å². The molecule has 0 N–H and O–H groups in total. The van der Waals surface area contributed by atoms with Crippen molar-refractivity contribution in [2.24, 2.45) is 11.3 Å². The Bertz CT molecular complexity index is 246. The van der Waals surface area contributed by atoms with Crippen LogP contribution >= 0.6 is 11.8 Å². The highest BCUT2D eigenvalue weighted by atomic mass is 32.2. The van der Waals surface area contributed by atoms with E-state index < -0.39 is 0 Å². The van der Waals surface area contributed by atoms with Gasteiger partial charge in [0.2, 0.25) is 0 Å². The number of nitrogens with zero attached hydrogens (tertiary/aromatic N) is 1. The van der Waals surface area contributed by atoms with Crippen LogP contribution in [0.4, 0.5) is 0 Å². The van der Waals surface area contributed by atoms with Gasteiger partial charge < -0.3 is 9.64 Å². The molecule has 0 bridgehead atoms. The van der Waals surface area contributed by atoms with Crippen LogP contribution in [0.3, 0.4) is 0 Å². The lowest BCUT2D eigenvalue weighted by molar-refractivity contribution is 0.157. The monoisotopic (exact) mass is 315 g/mol. The molecule has 0 amide bonds. The Labute approximate surface area is 137 Å². The lowest BCUT2D eigenvalue weighted by Gasteiger charge is -2.27. The van der Waals surface area contributed by atoms with Crippen molar-refractivity contribution < 1.29 is 4.74 Å². The molecule has 0 unspecified atom stereocenters. The SMILES string of the molecule is COCC[C@H](CCCCCN1CCSCC1)CC(C)(C)C. The van der Waals surface area contributed by atoms with Crippen molar-refractivity contribution in [3.63, 3.8) is 0 Å². The van der Waals surface area contributed by atoms with E-state index in [1.54, 1.807) is 0 Å². The largest absolute Gasteiger partial charge is 0.385 e. The standard InChI is InChI=1S/C18H37NOS/c1-18(2,3)16-17(9-13-20-4)8-6-5-7-10-19-11-14-21-15-12-19/h17H,5-16H2,1-4H3/t17-/m0/s1. The minimum absolute atomic E-state index is 0.448. The number of thioether (sulfide) groups is 1. The lowest BCUT2D eigenvalue weighted by Crippen LogP contribution is -2.33. The van der Waals surface area contributed by atoms with Gasteiger partial charge >= 0.3 is 0 Å². The van der Waals surface area contributed by atoms with E-state index in [-0.39, 0.29) is 0 Å². The summed E-state index contributed by atoms with van der Waals surface area (Å²) in [6, 6.07) is 0. The maximum atomic E-state index is 5.28. The van der Waals surface area contributed by atoms with E-state index in [4.69, 9.17) is 4.74 Å². The van der Waals surface area contributed by atoms with Crippen molar-refractivity contribution in [3.05, 3.63) is 0 Å². The molecule has 0 saturated carbocycles. The average Bonchev–Trinajstić information content (AvgIpc) is 2.44. The molecule has 3 heteroatoms. The number of unbranched alkanes of at least 4 members (excludes halogenated alkanes) is 2. The second kappa shape index (κ2) is 10.9. The van der Waals surface area contributed by atoms with Crippen LogP contribution in [-0.4, -0.2) is 49.8 Å². The zero-order valence-electron chi connectivity index (χ0n) is 14.8. The molecule has 1 heterocycles. The predicted molar refractivity (Wildman–Crippen MR) is 96.3 cm³/mol. The second-order valence-corrected chi connectivity index (χ2v) is 8.94. The van der Waals surface area contributed by atoms with E-state index in [1.165, 1.54) is 69.7 Å². The van der Waals surface area contributed by atoms with Gasteiger partial charge in [0.15, 0.2) is 0 Å². The molecular formula is C18H37NOS. The normalized spacial score (nSPS) is 18.9. The molecule has 0 aromatic heterocycles. The van der Waals surface area contributed by atoms with Crippen molar-refractivity contribution in [2.75, 3.05) is 44.9 Å². The molecule has 0 spiro atoms. The molecule has 2 nitrogen and oxygen atoms in total.